The Morgan fingerprint density at radius 2 is 1.08 bits per heavy atom. The van der Waals surface area contributed by atoms with E-state index in [-0.39, 0.29) is 9.75 Å². The third-order valence-corrected chi connectivity index (χ3v) is 4.52. The van der Waals surface area contributed by atoms with Gasteiger partial charge in [-0.15, -0.1) is 23.2 Å². The third-order valence-electron chi connectivity index (χ3n) is 0.888. The maximum absolute atomic E-state index is 6.02. The van der Waals surface area contributed by atoms with E-state index in [4.69, 9.17) is 23.2 Å². The van der Waals surface area contributed by atoms with Gasteiger partial charge in [-0.2, -0.15) is 0 Å². The SMILES string of the molecule is CC(C)(Cl)CSSCC(C)(C)Cl. The van der Waals surface area contributed by atoms with Crippen LogP contribution in [0, 0.1) is 0 Å². The summed E-state index contributed by atoms with van der Waals surface area (Å²) in [7, 11) is 3.57. The predicted molar refractivity (Wildman–Crippen MR) is 64.8 cm³/mol. The lowest BCUT2D eigenvalue weighted by atomic mass is 10.3. The molecule has 0 N–H and O–H groups in total. The van der Waals surface area contributed by atoms with Crippen LogP contribution in [0.2, 0.25) is 0 Å². The van der Waals surface area contributed by atoms with Gasteiger partial charge in [0.05, 0.1) is 0 Å². The molecule has 0 bridgehead atoms. The van der Waals surface area contributed by atoms with Gasteiger partial charge in [0, 0.05) is 21.3 Å². The number of hydrogen-bond acceptors (Lipinski definition) is 2. The Morgan fingerprint density at radius 1 is 0.833 bits per heavy atom. The van der Waals surface area contributed by atoms with E-state index in [1.165, 1.54) is 0 Å². The fourth-order valence-electron chi connectivity index (χ4n) is 0.364. The van der Waals surface area contributed by atoms with Crippen molar-refractivity contribution in [3.63, 3.8) is 0 Å². The third kappa shape index (κ3) is 11.3. The molecule has 0 aromatic carbocycles. The first kappa shape index (κ1) is 13.3. The minimum Gasteiger partial charge on any atom is -0.119 e. The van der Waals surface area contributed by atoms with Gasteiger partial charge in [-0.25, -0.2) is 0 Å². The zero-order valence-electron chi connectivity index (χ0n) is 7.99. The molecule has 0 aromatic heterocycles. The van der Waals surface area contributed by atoms with E-state index >= 15 is 0 Å². The summed E-state index contributed by atoms with van der Waals surface area (Å²) in [5.74, 6) is 1.90. The maximum atomic E-state index is 6.02. The van der Waals surface area contributed by atoms with Gasteiger partial charge in [0.1, 0.15) is 0 Å². The molecular formula is C8H16Cl2S2. The quantitative estimate of drug-likeness (QED) is 0.401. The van der Waals surface area contributed by atoms with Crippen molar-refractivity contribution in [2.24, 2.45) is 0 Å². The molecule has 0 unspecified atom stereocenters. The molecule has 0 rings (SSSR count). The fourth-order valence-corrected chi connectivity index (χ4v) is 4.07. The number of alkyl halides is 2. The highest BCUT2D eigenvalue weighted by molar-refractivity contribution is 8.76. The molecule has 0 saturated carbocycles. The molecule has 0 saturated heterocycles. The summed E-state index contributed by atoms with van der Waals surface area (Å²) >= 11 is 12.0. The molecule has 0 fully saturated rings. The topological polar surface area (TPSA) is 0 Å². The van der Waals surface area contributed by atoms with Gasteiger partial charge in [0.2, 0.25) is 0 Å². The summed E-state index contributed by atoms with van der Waals surface area (Å²) in [6.45, 7) is 8.09. The average Bonchev–Trinajstić information content (AvgIpc) is 1.76. The van der Waals surface area contributed by atoms with E-state index in [2.05, 4.69) is 0 Å². The van der Waals surface area contributed by atoms with Crippen molar-refractivity contribution >= 4 is 44.8 Å². The Bertz CT molecular complexity index is 108. The standard InChI is InChI=1S/C8H16Cl2S2/c1-7(2,9)5-11-12-6-8(3,4)10/h5-6H2,1-4H3. The smallest absolute Gasteiger partial charge is 0.0489 e. The molecule has 0 aliphatic heterocycles. The minimum atomic E-state index is -0.103. The summed E-state index contributed by atoms with van der Waals surface area (Å²) in [6, 6.07) is 0. The van der Waals surface area contributed by atoms with Gasteiger partial charge < -0.3 is 0 Å². The maximum Gasteiger partial charge on any atom is 0.0489 e. The Labute approximate surface area is 93.5 Å². The van der Waals surface area contributed by atoms with E-state index < -0.39 is 0 Å². The van der Waals surface area contributed by atoms with Gasteiger partial charge >= 0.3 is 0 Å². The van der Waals surface area contributed by atoms with E-state index in [1.54, 1.807) is 21.6 Å². The lowest BCUT2D eigenvalue weighted by molar-refractivity contribution is 0.799. The summed E-state index contributed by atoms with van der Waals surface area (Å²) in [5.41, 5.74) is 0. The zero-order chi connectivity index (χ0) is 9.83. The van der Waals surface area contributed by atoms with Crippen molar-refractivity contribution in [2.45, 2.75) is 37.4 Å². The van der Waals surface area contributed by atoms with Gasteiger partial charge in [0.15, 0.2) is 0 Å². The molecule has 4 heteroatoms. The van der Waals surface area contributed by atoms with Gasteiger partial charge in [-0.3, -0.25) is 0 Å². The van der Waals surface area contributed by atoms with E-state index in [1.807, 2.05) is 27.7 Å². The number of hydrogen-bond donors (Lipinski definition) is 0. The summed E-state index contributed by atoms with van der Waals surface area (Å²) < 4.78 is 0. The van der Waals surface area contributed by atoms with E-state index in [9.17, 15) is 0 Å². The number of rotatable bonds is 5. The first-order chi connectivity index (χ1) is 5.21. The van der Waals surface area contributed by atoms with E-state index in [0.717, 1.165) is 11.5 Å². The molecule has 0 aliphatic carbocycles. The Balaban J connectivity index is 3.35. The van der Waals surface area contributed by atoms with Crippen molar-refractivity contribution in [1.29, 1.82) is 0 Å². The van der Waals surface area contributed by atoms with Crippen molar-refractivity contribution in [3.8, 4) is 0 Å². The van der Waals surface area contributed by atoms with Crippen LogP contribution in [0.3, 0.4) is 0 Å². The molecular weight excluding hydrogens is 231 g/mol. The van der Waals surface area contributed by atoms with Crippen molar-refractivity contribution in [2.75, 3.05) is 11.5 Å². The second-order valence-electron chi connectivity index (χ2n) is 3.96. The monoisotopic (exact) mass is 246 g/mol. The molecule has 0 aromatic rings. The van der Waals surface area contributed by atoms with Crippen LogP contribution in [-0.2, 0) is 0 Å². The van der Waals surface area contributed by atoms with Crippen molar-refractivity contribution in [1.82, 2.24) is 0 Å². The van der Waals surface area contributed by atoms with Crippen LogP contribution in [0.25, 0.3) is 0 Å². The lowest BCUT2D eigenvalue weighted by Crippen LogP contribution is -2.15. The highest BCUT2D eigenvalue weighted by Gasteiger charge is 2.16. The molecule has 0 spiro atoms. The van der Waals surface area contributed by atoms with Gasteiger partial charge in [-0.05, 0) is 27.7 Å². The summed E-state index contributed by atoms with van der Waals surface area (Å²) in [4.78, 5) is -0.206. The van der Waals surface area contributed by atoms with Crippen LogP contribution in [0.4, 0.5) is 0 Å². The molecule has 0 radical (unpaired) electrons. The molecule has 12 heavy (non-hydrogen) atoms. The van der Waals surface area contributed by atoms with Crippen LogP contribution < -0.4 is 0 Å². The van der Waals surface area contributed by atoms with Crippen LogP contribution in [0.1, 0.15) is 27.7 Å². The molecule has 74 valence electrons. The highest BCUT2D eigenvalue weighted by Crippen LogP contribution is 2.32. The highest BCUT2D eigenvalue weighted by atomic mass is 35.5. The Kier molecular flexibility index (Phi) is 5.79. The fraction of sp³-hybridized carbons (Fsp3) is 1.00. The van der Waals surface area contributed by atoms with E-state index in [0.29, 0.717) is 0 Å². The van der Waals surface area contributed by atoms with Gasteiger partial charge in [-0.1, -0.05) is 21.6 Å². The van der Waals surface area contributed by atoms with Crippen molar-refractivity contribution in [3.05, 3.63) is 0 Å². The van der Waals surface area contributed by atoms with Crippen LogP contribution in [0.5, 0.6) is 0 Å². The largest absolute Gasteiger partial charge is 0.119 e. The summed E-state index contributed by atoms with van der Waals surface area (Å²) in [5, 5.41) is 0. The molecule has 0 aliphatic rings. The van der Waals surface area contributed by atoms with Crippen LogP contribution in [0.15, 0.2) is 0 Å². The second kappa shape index (κ2) is 5.23. The molecule has 0 atom stereocenters. The second-order valence-corrected chi connectivity index (χ2v) is 8.47. The van der Waals surface area contributed by atoms with Gasteiger partial charge in [0.25, 0.3) is 0 Å². The normalized spacial score (nSPS) is 13.5. The zero-order valence-corrected chi connectivity index (χ0v) is 11.1. The number of halogens is 2. The average molecular weight is 247 g/mol. The van der Waals surface area contributed by atoms with Crippen molar-refractivity contribution < 1.29 is 0 Å². The minimum absolute atomic E-state index is 0.103. The first-order valence-corrected chi connectivity index (χ1v) is 7.07. The summed E-state index contributed by atoms with van der Waals surface area (Å²) in [6.07, 6.45) is 0. The Hall–Kier alpha value is 1.28. The van der Waals surface area contributed by atoms with Crippen LogP contribution in [-0.4, -0.2) is 21.3 Å². The molecule has 0 amide bonds. The van der Waals surface area contributed by atoms with Crippen LogP contribution >= 0.6 is 44.8 Å². The molecule has 0 nitrogen and oxygen atoms in total. The first-order valence-electron chi connectivity index (χ1n) is 3.83. The predicted octanol–water partition coefficient (Wildman–Crippen LogP) is 4.40. The lowest BCUT2D eigenvalue weighted by Gasteiger charge is -2.17. The molecule has 0 heterocycles. The Morgan fingerprint density at radius 3 is 1.25 bits per heavy atom.